The maximum Gasteiger partial charge on any atom is 0.330 e. The number of nitrogens with one attached hydrogen (secondary N) is 1. The molecule has 33 heavy (non-hydrogen) atoms. The van der Waals surface area contributed by atoms with Crippen molar-refractivity contribution in [2.24, 2.45) is 5.41 Å². The van der Waals surface area contributed by atoms with Gasteiger partial charge in [0.05, 0.1) is 7.11 Å². The summed E-state index contributed by atoms with van der Waals surface area (Å²) in [6.45, 7) is 9.13. The van der Waals surface area contributed by atoms with Gasteiger partial charge in [0.2, 0.25) is 0 Å². The minimum Gasteiger partial charge on any atom is -0.466 e. The molecule has 0 bridgehead atoms. The summed E-state index contributed by atoms with van der Waals surface area (Å²) in [5.41, 5.74) is 6.82. The summed E-state index contributed by atoms with van der Waals surface area (Å²) in [5, 5.41) is 1.34. The van der Waals surface area contributed by atoms with Crippen molar-refractivity contribution in [2.75, 3.05) is 20.2 Å². The van der Waals surface area contributed by atoms with Crippen molar-refractivity contribution in [3.8, 4) is 0 Å². The number of hydrogen-bond acceptors (Lipinski definition) is 3. The summed E-state index contributed by atoms with van der Waals surface area (Å²) in [4.78, 5) is 17.6. The van der Waals surface area contributed by atoms with E-state index in [0.29, 0.717) is 11.5 Å². The van der Waals surface area contributed by atoms with Gasteiger partial charge in [-0.25, -0.2) is 4.79 Å². The number of methoxy groups -OCH3 is 1. The second-order valence-electron chi connectivity index (χ2n) is 10.3. The fraction of sp³-hybridized carbons (Fsp3) is 0.414. The van der Waals surface area contributed by atoms with E-state index in [4.69, 9.17) is 4.74 Å². The van der Waals surface area contributed by atoms with Gasteiger partial charge in [0, 0.05) is 35.8 Å². The number of aryl methyl sites for hydroxylation is 1. The lowest BCUT2D eigenvalue weighted by Gasteiger charge is -2.32. The molecule has 1 N–H and O–H groups in total. The van der Waals surface area contributed by atoms with Gasteiger partial charge in [0.25, 0.3) is 0 Å². The summed E-state index contributed by atoms with van der Waals surface area (Å²) in [7, 11) is 1.41. The van der Waals surface area contributed by atoms with Gasteiger partial charge in [-0.3, -0.25) is 4.90 Å². The van der Waals surface area contributed by atoms with E-state index in [-0.39, 0.29) is 5.97 Å². The summed E-state index contributed by atoms with van der Waals surface area (Å²) in [5.74, 6) is -0.320. The summed E-state index contributed by atoms with van der Waals surface area (Å²) in [6, 6.07) is 15.6. The molecule has 0 amide bonds. The van der Waals surface area contributed by atoms with Gasteiger partial charge < -0.3 is 9.72 Å². The van der Waals surface area contributed by atoms with Gasteiger partial charge >= 0.3 is 5.97 Å². The van der Waals surface area contributed by atoms with Crippen LogP contribution in [0.4, 0.5) is 0 Å². The molecule has 2 aromatic carbocycles. The second kappa shape index (κ2) is 9.96. The van der Waals surface area contributed by atoms with Gasteiger partial charge in [0.15, 0.2) is 0 Å². The lowest BCUT2D eigenvalue weighted by molar-refractivity contribution is -0.134. The molecule has 0 fully saturated rings. The Morgan fingerprint density at radius 2 is 2.00 bits per heavy atom. The highest BCUT2D eigenvalue weighted by Gasteiger charge is 2.28. The van der Waals surface area contributed by atoms with Crippen molar-refractivity contribution < 1.29 is 9.53 Å². The zero-order valence-corrected chi connectivity index (χ0v) is 20.4. The average Bonchev–Trinajstić information content (AvgIpc) is 3.41. The number of hydrogen-bond donors (Lipinski definition) is 1. The first-order chi connectivity index (χ1) is 15.8. The number of para-hydroxylation sites is 1. The van der Waals surface area contributed by atoms with E-state index in [2.05, 4.69) is 79.3 Å². The zero-order valence-electron chi connectivity index (χ0n) is 20.4. The van der Waals surface area contributed by atoms with Crippen LogP contribution in [-0.4, -0.2) is 36.1 Å². The van der Waals surface area contributed by atoms with Crippen LogP contribution in [0.5, 0.6) is 0 Å². The van der Waals surface area contributed by atoms with Crippen LogP contribution in [0, 0.1) is 5.41 Å². The lowest BCUT2D eigenvalue weighted by atomic mass is 9.91. The van der Waals surface area contributed by atoms with Crippen LogP contribution in [-0.2, 0) is 22.4 Å². The van der Waals surface area contributed by atoms with Crippen molar-refractivity contribution in [1.29, 1.82) is 0 Å². The highest BCUT2D eigenvalue weighted by Crippen LogP contribution is 2.37. The van der Waals surface area contributed by atoms with Gasteiger partial charge in [-0.05, 0) is 72.0 Å². The maximum absolute atomic E-state index is 11.4. The van der Waals surface area contributed by atoms with Gasteiger partial charge in [0.1, 0.15) is 0 Å². The number of esters is 1. The van der Waals surface area contributed by atoms with Crippen molar-refractivity contribution >= 4 is 22.9 Å². The van der Waals surface area contributed by atoms with Crippen LogP contribution in [0.1, 0.15) is 61.9 Å². The quantitative estimate of drug-likeness (QED) is 0.326. The van der Waals surface area contributed by atoms with Crippen LogP contribution in [0.3, 0.4) is 0 Å². The SMILES string of the molecule is COC(=O)/C=C/c1ccc2c(c1)CCC2N(CCc1c[nH]c2ccccc12)CCC(C)(C)C. The van der Waals surface area contributed by atoms with Gasteiger partial charge in [-0.2, -0.15) is 0 Å². The zero-order chi connectivity index (χ0) is 23.4. The van der Waals surface area contributed by atoms with Crippen LogP contribution in [0.2, 0.25) is 0 Å². The molecule has 1 heterocycles. The van der Waals surface area contributed by atoms with Gasteiger partial charge in [-0.1, -0.05) is 57.2 Å². The molecule has 4 rings (SSSR count). The topological polar surface area (TPSA) is 45.3 Å². The number of carbonyl (C=O) groups excluding carboxylic acids is 1. The molecule has 0 spiro atoms. The number of carbonyl (C=O) groups is 1. The first kappa shape index (κ1) is 23.3. The Kier molecular flexibility index (Phi) is 7.04. The number of rotatable bonds is 8. The molecule has 0 radical (unpaired) electrons. The third kappa shape index (κ3) is 5.75. The first-order valence-electron chi connectivity index (χ1n) is 12.0. The largest absolute Gasteiger partial charge is 0.466 e. The Hall–Kier alpha value is -2.85. The molecule has 1 aliphatic rings. The molecule has 4 nitrogen and oxygen atoms in total. The summed E-state index contributed by atoms with van der Waals surface area (Å²) < 4.78 is 4.72. The predicted molar refractivity (Wildman–Crippen MR) is 136 cm³/mol. The van der Waals surface area contributed by atoms with Gasteiger partial charge in [-0.15, -0.1) is 0 Å². The van der Waals surface area contributed by atoms with E-state index in [1.807, 2.05) is 6.08 Å². The predicted octanol–water partition coefficient (Wildman–Crippen LogP) is 6.32. The third-order valence-electron chi connectivity index (χ3n) is 6.76. The molecule has 1 aliphatic carbocycles. The van der Waals surface area contributed by atoms with Crippen LogP contribution in [0.15, 0.2) is 54.7 Å². The molecule has 3 aromatic rings. The third-order valence-corrected chi connectivity index (χ3v) is 6.76. The standard InChI is InChI=1S/C29H36N2O2/c1-29(2,3)16-18-31(17-15-23-20-30-26-8-6-5-7-24(23)26)27-13-11-22-19-21(9-12-25(22)27)10-14-28(32)33-4/h5-10,12,14,19-20,27,30H,11,13,15-18H2,1-4H3/b14-10+. The number of aromatic nitrogens is 1. The number of nitrogens with zero attached hydrogens (tertiary/aromatic N) is 1. The highest BCUT2D eigenvalue weighted by atomic mass is 16.5. The van der Waals surface area contributed by atoms with E-state index >= 15 is 0 Å². The van der Waals surface area contributed by atoms with Crippen LogP contribution < -0.4 is 0 Å². The second-order valence-corrected chi connectivity index (χ2v) is 10.3. The summed E-state index contributed by atoms with van der Waals surface area (Å²) >= 11 is 0. The van der Waals surface area contributed by atoms with Crippen molar-refractivity contribution in [3.05, 3.63) is 77.0 Å². The smallest absolute Gasteiger partial charge is 0.330 e. The monoisotopic (exact) mass is 444 g/mol. The molecular weight excluding hydrogens is 408 g/mol. The van der Waals surface area contributed by atoms with Crippen LogP contribution >= 0.6 is 0 Å². The number of ether oxygens (including phenoxy) is 1. The number of benzene rings is 2. The van der Waals surface area contributed by atoms with Crippen molar-refractivity contribution in [2.45, 2.75) is 52.5 Å². The summed E-state index contributed by atoms with van der Waals surface area (Å²) in [6.07, 6.45) is 9.96. The lowest BCUT2D eigenvalue weighted by Crippen LogP contribution is -2.32. The van der Waals surface area contributed by atoms with E-state index in [9.17, 15) is 4.79 Å². The van der Waals surface area contributed by atoms with Crippen molar-refractivity contribution in [1.82, 2.24) is 9.88 Å². The molecule has 1 unspecified atom stereocenters. The Morgan fingerprint density at radius 3 is 2.79 bits per heavy atom. The molecule has 4 heteroatoms. The van der Waals surface area contributed by atoms with E-state index in [1.165, 1.54) is 47.2 Å². The Morgan fingerprint density at radius 1 is 1.18 bits per heavy atom. The molecule has 0 saturated heterocycles. The number of fused-ring (bicyclic) bond motifs is 2. The Balaban J connectivity index is 1.53. The van der Waals surface area contributed by atoms with Crippen LogP contribution in [0.25, 0.3) is 17.0 Å². The van der Waals surface area contributed by atoms with E-state index in [1.54, 1.807) is 0 Å². The maximum atomic E-state index is 11.4. The van der Waals surface area contributed by atoms with Crippen molar-refractivity contribution in [3.63, 3.8) is 0 Å². The average molecular weight is 445 g/mol. The first-order valence-corrected chi connectivity index (χ1v) is 12.0. The molecule has 174 valence electrons. The minimum absolute atomic E-state index is 0.309. The number of aromatic amines is 1. The van der Waals surface area contributed by atoms with E-state index in [0.717, 1.165) is 37.9 Å². The number of H-pyrrole nitrogens is 1. The van der Waals surface area contributed by atoms with E-state index < -0.39 is 0 Å². The molecule has 1 atom stereocenters. The Bertz CT molecular complexity index is 1140. The fourth-order valence-corrected chi connectivity index (χ4v) is 4.84. The molecule has 1 aromatic heterocycles. The minimum atomic E-state index is -0.320. The highest BCUT2D eigenvalue weighted by molar-refractivity contribution is 5.87. The molecule has 0 saturated carbocycles. The fourth-order valence-electron chi connectivity index (χ4n) is 4.84. The molecular formula is C29H36N2O2. The normalized spacial score (nSPS) is 16.1. The molecule has 0 aliphatic heterocycles. The Labute approximate surface area is 197 Å².